The van der Waals surface area contributed by atoms with Crippen LogP contribution in [-0.2, 0) is 4.79 Å². The molecular weight excluding hydrogens is 325 g/mol. The van der Waals surface area contributed by atoms with Crippen molar-refractivity contribution >= 4 is 35.1 Å². The lowest BCUT2D eigenvalue weighted by atomic mass is 10.1. The van der Waals surface area contributed by atoms with Crippen molar-refractivity contribution in [2.75, 3.05) is 13.6 Å². The molecule has 5 nitrogen and oxygen atoms in total. The molecule has 1 heterocycles. The number of carbonyl (C=O) groups is 2. The molecule has 1 aromatic carbocycles. The van der Waals surface area contributed by atoms with Gasteiger partial charge in [0.2, 0.25) is 5.91 Å². The first kappa shape index (κ1) is 15.4. The summed E-state index contributed by atoms with van der Waals surface area (Å²) in [5.41, 5.74) is 0.955. The van der Waals surface area contributed by atoms with E-state index >= 15 is 0 Å². The van der Waals surface area contributed by atoms with Gasteiger partial charge in [-0.05, 0) is 24.5 Å². The van der Waals surface area contributed by atoms with E-state index in [1.54, 1.807) is 18.0 Å². The van der Waals surface area contributed by atoms with Crippen LogP contribution in [0.1, 0.15) is 24.3 Å². The largest absolute Gasteiger partial charge is 0.344 e. The molecule has 0 bridgehead atoms. The van der Waals surface area contributed by atoms with Crippen molar-refractivity contribution in [1.82, 2.24) is 15.5 Å². The Bertz CT molecular complexity index is 623. The average Bonchev–Trinajstić information content (AvgIpc) is 3.16. The molecule has 1 aliphatic heterocycles. The topological polar surface area (TPSA) is 61.4 Å². The smallest absolute Gasteiger partial charge is 0.315 e. The second-order valence-corrected chi connectivity index (χ2v) is 6.60. The maximum absolute atomic E-state index is 12.0. The van der Waals surface area contributed by atoms with E-state index in [0.29, 0.717) is 23.0 Å². The van der Waals surface area contributed by atoms with E-state index in [1.807, 2.05) is 12.1 Å². The van der Waals surface area contributed by atoms with E-state index in [9.17, 15) is 9.59 Å². The highest BCUT2D eigenvalue weighted by Gasteiger charge is 2.41. The van der Waals surface area contributed by atoms with E-state index < -0.39 is 6.04 Å². The zero-order chi connectivity index (χ0) is 15.9. The number of likely N-dealkylation sites (N-methyl/N-ethyl adjacent to an activating group) is 1. The van der Waals surface area contributed by atoms with Gasteiger partial charge in [0, 0.05) is 25.6 Å². The van der Waals surface area contributed by atoms with Crippen LogP contribution in [0.15, 0.2) is 18.2 Å². The quantitative estimate of drug-likeness (QED) is 0.886. The Balaban J connectivity index is 1.54. The van der Waals surface area contributed by atoms with E-state index in [2.05, 4.69) is 10.6 Å². The summed E-state index contributed by atoms with van der Waals surface area (Å²) in [6, 6.07) is 4.83. The van der Waals surface area contributed by atoms with E-state index in [4.69, 9.17) is 23.2 Å². The first-order valence-corrected chi connectivity index (χ1v) is 7.99. The third kappa shape index (κ3) is 3.01. The standard InChI is InChI=1S/C15H17Cl2N3O2/c1-20-6-5-11(14(20)21)18-15(22)19-12-7-9(12)8-3-2-4-10(16)13(8)17/h2-4,9,11-12H,5-7H2,1H3,(H2,18,19,22)/t9-,11-,12-/m0/s1. The van der Waals surface area contributed by atoms with Gasteiger partial charge in [0.05, 0.1) is 10.0 Å². The molecule has 0 aromatic heterocycles. The van der Waals surface area contributed by atoms with Gasteiger partial charge in [0.15, 0.2) is 0 Å². The molecule has 7 heteroatoms. The summed E-state index contributed by atoms with van der Waals surface area (Å²) in [6.07, 6.45) is 1.48. The van der Waals surface area contributed by atoms with Crippen molar-refractivity contribution in [3.8, 4) is 0 Å². The van der Waals surface area contributed by atoms with Crippen LogP contribution >= 0.6 is 23.2 Å². The number of likely N-dealkylation sites (tertiary alicyclic amines) is 1. The molecule has 22 heavy (non-hydrogen) atoms. The summed E-state index contributed by atoms with van der Waals surface area (Å²) in [5.74, 6) is 0.138. The Kier molecular flexibility index (Phi) is 4.19. The van der Waals surface area contributed by atoms with Crippen molar-refractivity contribution < 1.29 is 9.59 Å². The third-order valence-electron chi connectivity index (χ3n) is 4.22. The molecule has 1 saturated heterocycles. The molecule has 0 unspecified atom stereocenters. The number of hydrogen-bond donors (Lipinski definition) is 2. The zero-order valence-electron chi connectivity index (χ0n) is 12.1. The van der Waals surface area contributed by atoms with Crippen LogP contribution < -0.4 is 10.6 Å². The van der Waals surface area contributed by atoms with E-state index in [1.165, 1.54) is 0 Å². The van der Waals surface area contributed by atoms with E-state index in [0.717, 1.165) is 12.0 Å². The summed E-state index contributed by atoms with van der Waals surface area (Å²) < 4.78 is 0. The van der Waals surface area contributed by atoms with Crippen molar-refractivity contribution in [3.05, 3.63) is 33.8 Å². The van der Waals surface area contributed by atoms with Gasteiger partial charge in [-0.25, -0.2) is 4.79 Å². The molecule has 2 N–H and O–H groups in total. The van der Waals surface area contributed by atoms with Gasteiger partial charge >= 0.3 is 6.03 Å². The van der Waals surface area contributed by atoms with Crippen LogP contribution in [0.3, 0.4) is 0 Å². The Morgan fingerprint density at radius 3 is 2.77 bits per heavy atom. The first-order chi connectivity index (χ1) is 10.5. The number of carbonyl (C=O) groups excluding carboxylic acids is 2. The minimum absolute atomic E-state index is 0.0326. The molecule has 3 amide bonds. The predicted molar refractivity (Wildman–Crippen MR) is 85.3 cm³/mol. The summed E-state index contributed by atoms with van der Waals surface area (Å²) >= 11 is 12.2. The number of hydrogen-bond acceptors (Lipinski definition) is 2. The first-order valence-electron chi connectivity index (χ1n) is 7.23. The van der Waals surface area contributed by atoms with Crippen molar-refractivity contribution in [2.24, 2.45) is 0 Å². The Morgan fingerprint density at radius 2 is 2.09 bits per heavy atom. The van der Waals surface area contributed by atoms with Gasteiger partial charge in [-0.15, -0.1) is 0 Å². The van der Waals surface area contributed by atoms with Gasteiger partial charge in [0.25, 0.3) is 0 Å². The summed E-state index contributed by atoms with van der Waals surface area (Å²) in [5, 5.41) is 6.69. The van der Waals surface area contributed by atoms with Crippen LogP contribution in [0.5, 0.6) is 0 Å². The second kappa shape index (κ2) is 5.97. The highest BCUT2D eigenvalue weighted by atomic mass is 35.5. The van der Waals surface area contributed by atoms with Crippen LogP contribution in [-0.4, -0.2) is 42.5 Å². The van der Waals surface area contributed by atoms with Gasteiger partial charge in [-0.2, -0.15) is 0 Å². The lowest BCUT2D eigenvalue weighted by Gasteiger charge is -2.13. The molecule has 0 spiro atoms. The average molecular weight is 342 g/mol. The number of nitrogens with one attached hydrogen (secondary N) is 2. The minimum atomic E-state index is -0.419. The summed E-state index contributed by atoms with van der Waals surface area (Å²) in [6.45, 7) is 0.675. The molecule has 1 saturated carbocycles. The number of nitrogens with zero attached hydrogens (tertiary/aromatic N) is 1. The molecule has 3 rings (SSSR count). The molecule has 118 valence electrons. The minimum Gasteiger partial charge on any atom is -0.344 e. The predicted octanol–water partition coefficient (Wildman–Crippen LogP) is 2.38. The Morgan fingerprint density at radius 1 is 1.32 bits per heavy atom. The van der Waals surface area contributed by atoms with Crippen LogP contribution in [0, 0.1) is 0 Å². The van der Waals surface area contributed by atoms with Gasteiger partial charge in [0.1, 0.15) is 6.04 Å². The maximum atomic E-state index is 12.0. The zero-order valence-corrected chi connectivity index (χ0v) is 13.6. The normalized spacial score (nSPS) is 27.0. The Hall–Kier alpha value is -1.46. The summed E-state index contributed by atoms with van der Waals surface area (Å²) in [7, 11) is 1.74. The SMILES string of the molecule is CN1CC[C@H](NC(=O)N[C@H]2C[C@H]2c2cccc(Cl)c2Cl)C1=O. The summed E-state index contributed by atoms with van der Waals surface area (Å²) in [4.78, 5) is 25.4. The molecule has 0 radical (unpaired) electrons. The van der Waals surface area contributed by atoms with Crippen molar-refractivity contribution in [1.29, 1.82) is 0 Å². The van der Waals surface area contributed by atoms with Crippen LogP contribution in [0.2, 0.25) is 10.0 Å². The lowest BCUT2D eigenvalue weighted by Crippen LogP contribution is -2.46. The molecule has 1 aliphatic carbocycles. The number of halogens is 2. The highest BCUT2D eigenvalue weighted by molar-refractivity contribution is 6.42. The van der Waals surface area contributed by atoms with Gasteiger partial charge < -0.3 is 15.5 Å². The number of urea groups is 1. The number of benzene rings is 1. The van der Waals surface area contributed by atoms with Gasteiger partial charge in [-0.1, -0.05) is 35.3 Å². The molecule has 3 atom stereocenters. The fraction of sp³-hybridized carbons (Fsp3) is 0.467. The third-order valence-corrected chi connectivity index (χ3v) is 5.05. The van der Waals surface area contributed by atoms with Crippen molar-refractivity contribution in [3.63, 3.8) is 0 Å². The number of amides is 3. The maximum Gasteiger partial charge on any atom is 0.315 e. The number of rotatable bonds is 3. The fourth-order valence-electron chi connectivity index (χ4n) is 2.83. The molecule has 2 fully saturated rings. The highest BCUT2D eigenvalue weighted by Crippen LogP contribution is 2.45. The van der Waals surface area contributed by atoms with E-state index in [-0.39, 0.29) is 23.9 Å². The Labute approximate surface area is 138 Å². The fourth-order valence-corrected chi connectivity index (χ4v) is 3.28. The second-order valence-electron chi connectivity index (χ2n) is 5.81. The monoisotopic (exact) mass is 341 g/mol. The van der Waals surface area contributed by atoms with Crippen LogP contribution in [0.4, 0.5) is 4.79 Å². The molecule has 2 aliphatic rings. The lowest BCUT2D eigenvalue weighted by molar-refractivity contribution is -0.128. The molecule has 1 aromatic rings. The molecular formula is C15H17Cl2N3O2. The van der Waals surface area contributed by atoms with Gasteiger partial charge in [-0.3, -0.25) is 4.79 Å². The van der Waals surface area contributed by atoms with Crippen LogP contribution in [0.25, 0.3) is 0 Å². The van der Waals surface area contributed by atoms with Crippen molar-refractivity contribution in [2.45, 2.75) is 30.8 Å².